The Hall–Kier alpha value is -3.02. The number of hydrogen-bond donors (Lipinski definition) is 2. The number of nitrogens with zero attached hydrogens (tertiary/aromatic N) is 1. The highest BCUT2D eigenvalue weighted by Crippen LogP contribution is 2.27. The van der Waals surface area contributed by atoms with Crippen molar-refractivity contribution in [3.05, 3.63) is 54.1 Å². The Bertz CT molecular complexity index is 837. The van der Waals surface area contributed by atoms with Gasteiger partial charge in [0.1, 0.15) is 5.75 Å². The zero-order chi connectivity index (χ0) is 19.9. The molecule has 1 atom stereocenters. The number of aliphatic carboxylic acids is 1. The molecule has 2 aromatic rings. The Morgan fingerprint density at radius 2 is 2.04 bits per heavy atom. The number of benzene rings is 2. The van der Waals surface area contributed by atoms with Gasteiger partial charge in [-0.15, -0.1) is 0 Å². The normalized spacial score (nSPS) is 16.5. The molecule has 0 aliphatic carbocycles. The lowest BCUT2D eigenvalue weighted by Gasteiger charge is -2.33. The van der Waals surface area contributed by atoms with Crippen LogP contribution in [-0.2, 0) is 4.79 Å². The Morgan fingerprint density at radius 1 is 1.21 bits per heavy atom. The van der Waals surface area contributed by atoms with Crippen LogP contribution in [0.25, 0.3) is 0 Å². The second-order valence-corrected chi connectivity index (χ2v) is 7.09. The topological polar surface area (TPSA) is 78.9 Å². The van der Waals surface area contributed by atoms with Gasteiger partial charge in [0.05, 0.1) is 18.4 Å². The van der Waals surface area contributed by atoms with Crippen molar-refractivity contribution in [2.75, 3.05) is 25.5 Å². The van der Waals surface area contributed by atoms with E-state index >= 15 is 0 Å². The van der Waals surface area contributed by atoms with E-state index in [0.717, 1.165) is 30.0 Å². The molecule has 1 fully saturated rings. The summed E-state index contributed by atoms with van der Waals surface area (Å²) in [6.07, 6.45) is 2.64. The molecule has 3 rings (SSSR count). The van der Waals surface area contributed by atoms with Crippen molar-refractivity contribution in [2.24, 2.45) is 5.92 Å². The minimum atomic E-state index is -0.781. The van der Waals surface area contributed by atoms with Gasteiger partial charge in [0, 0.05) is 31.3 Å². The largest absolute Gasteiger partial charge is 0.497 e. The molecule has 6 nitrogen and oxygen atoms in total. The predicted octanol–water partition coefficient (Wildman–Crippen LogP) is 4.16. The minimum absolute atomic E-state index is 0.0222. The smallest absolute Gasteiger partial charge is 0.303 e. The van der Waals surface area contributed by atoms with Crippen molar-refractivity contribution >= 4 is 23.3 Å². The molecule has 0 radical (unpaired) electrons. The molecule has 28 heavy (non-hydrogen) atoms. The van der Waals surface area contributed by atoms with Gasteiger partial charge in [-0.05, 0) is 49.4 Å². The van der Waals surface area contributed by atoms with E-state index in [1.807, 2.05) is 53.4 Å². The molecule has 2 N–H and O–H groups in total. The van der Waals surface area contributed by atoms with Gasteiger partial charge in [-0.3, -0.25) is 9.59 Å². The molecule has 1 heterocycles. The number of carboxylic acid groups (broad SMARTS) is 1. The van der Waals surface area contributed by atoms with Gasteiger partial charge in [0.15, 0.2) is 0 Å². The summed E-state index contributed by atoms with van der Waals surface area (Å²) in [6.45, 7) is 1.31. The highest BCUT2D eigenvalue weighted by Gasteiger charge is 2.26. The molecule has 0 aromatic heterocycles. The fraction of sp³-hybridized carbons (Fsp3) is 0.364. The molecule has 1 unspecified atom stereocenters. The van der Waals surface area contributed by atoms with Crippen LogP contribution >= 0.6 is 0 Å². The standard InChI is InChI=1S/C22H26N2O4/c1-28-18-8-4-7-17(14-18)23-20-10-3-2-9-19(20)22(27)24-13-5-6-16(15-24)11-12-21(25)26/h2-4,7-10,14,16,23H,5-6,11-13,15H2,1H3,(H,25,26). The molecule has 1 amide bonds. The summed E-state index contributed by atoms with van der Waals surface area (Å²) in [7, 11) is 1.62. The van der Waals surface area contributed by atoms with Crippen molar-refractivity contribution in [3.63, 3.8) is 0 Å². The summed E-state index contributed by atoms with van der Waals surface area (Å²) in [4.78, 5) is 25.9. The van der Waals surface area contributed by atoms with E-state index in [-0.39, 0.29) is 18.2 Å². The van der Waals surface area contributed by atoms with Gasteiger partial charge in [-0.25, -0.2) is 0 Å². The molecular formula is C22H26N2O4. The maximum Gasteiger partial charge on any atom is 0.303 e. The second kappa shape index (κ2) is 9.26. The molecule has 148 valence electrons. The maximum atomic E-state index is 13.2. The van der Waals surface area contributed by atoms with Gasteiger partial charge in [0.2, 0.25) is 0 Å². The Morgan fingerprint density at radius 3 is 2.82 bits per heavy atom. The van der Waals surface area contributed by atoms with E-state index < -0.39 is 5.97 Å². The maximum absolute atomic E-state index is 13.2. The van der Waals surface area contributed by atoms with Gasteiger partial charge >= 0.3 is 5.97 Å². The van der Waals surface area contributed by atoms with Gasteiger partial charge in [-0.2, -0.15) is 0 Å². The first-order valence-electron chi connectivity index (χ1n) is 9.58. The van der Waals surface area contributed by atoms with Crippen LogP contribution in [0.1, 0.15) is 36.0 Å². The molecule has 0 spiro atoms. The van der Waals surface area contributed by atoms with Gasteiger partial charge in [-0.1, -0.05) is 18.2 Å². The van der Waals surface area contributed by atoms with E-state index in [0.29, 0.717) is 25.1 Å². The molecule has 0 bridgehead atoms. The molecular weight excluding hydrogens is 356 g/mol. The predicted molar refractivity (Wildman–Crippen MR) is 108 cm³/mol. The van der Waals surface area contributed by atoms with Crippen molar-refractivity contribution in [3.8, 4) is 5.75 Å². The number of anilines is 2. The monoisotopic (exact) mass is 382 g/mol. The highest BCUT2D eigenvalue weighted by molar-refractivity contribution is 6.00. The fourth-order valence-corrected chi connectivity index (χ4v) is 3.62. The Labute approximate surface area is 165 Å². The first kappa shape index (κ1) is 19.7. The van der Waals surface area contributed by atoms with Crippen LogP contribution in [0, 0.1) is 5.92 Å². The van der Waals surface area contributed by atoms with Crippen LogP contribution in [0.2, 0.25) is 0 Å². The van der Waals surface area contributed by atoms with Crippen LogP contribution in [0.15, 0.2) is 48.5 Å². The highest BCUT2D eigenvalue weighted by atomic mass is 16.5. The van der Waals surface area contributed by atoms with Gasteiger partial charge < -0.3 is 20.1 Å². The summed E-state index contributed by atoms with van der Waals surface area (Å²) in [5.41, 5.74) is 2.20. The number of para-hydroxylation sites is 1. The Kier molecular flexibility index (Phi) is 6.53. The average molecular weight is 382 g/mol. The number of ether oxygens (including phenoxy) is 1. The fourth-order valence-electron chi connectivity index (χ4n) is 3.62. The first-order chi connectivity index (χ1) is 13.6. The van der Waals surface area contributed by atoms with Crippen LogP contribution in [0.5, 0.6) is 5.75 Å². The third-order valence-electron chi connectivity index (χ3n) is 5.08. The summed E-state index contributed by atoms with van der Waals surface area (Å²) in [5, 5.41) is 12.2. The zero-order valence-corrected chi connectivity index (χ0v) is 16.1. The number of likely N-dealkylation sites (tertiary alicyclic amines) is 1. The minimum Gasteiger partial charge on any atom is -0.497 e. The number of hydrogen-bond acceptors (Lipinski definition) is 4. The summed E-state index contributed by atoms with van der Waals surface area (Å²) < 4.78 is 5.26. The van der Waals surface area contributed by atoms with E-state index in [1.54, 1.807) is 7.11 Å². The number of amides is 1. The first-order valence-corrected chi connectivity index (χ1v) is 9.58. The van der Waals surface area contributed by atoms with E-state index in [9.17, 15) is 9.59 Å². The van der Waals surface area contributed by atoms with Crippen LogP contribution < -0.4 is 10.1 Å². The SMILES string of the molecule is COc1cccc(Nc2ccccc2C(=O)N2CCCC(CCC(=O)O)C2)c1. The van der Waals surface area contributed by atoms with E-state index in [1.165, 1.54) is 0 Å². The number of nitrogens with one attached hydrogen (secondary N) is 1. The van der Waals surface area contributed by atoms with Crippen molar-refractivity contribution in [1.82, 2.24) is 4.90 Å². The van der Waals surface area contributed by atoms with Crippen LogP contribution in [-0.4, -0.2) is 42.1 Å². The van der Waals surface area contributed by atoms with Crippen molar-refractivity contribution < 1.29 is 19.4 Å². The lowest BCUT2D eigenvalue weighted by atomic mass is 9.93. The molecule has 0 saturated carbocycles. The Balaban J connectivity index is 1.74. The van der Waals surface area contributed by atoms with E-state index in [4.69, 9.17) is 9.84 Å². The molecule has 6 heteroatoms. The number of methoxy groups -OCH3 is 1. The summed E-state index contributed by atoms with van der Waals surface area (Å²) in [6, 6.07) is 15.0. The lowest BCUT2D eigenvalue weighted by Crippen LogP contribution is -2.40. The third-order valence-corrected chi connectivity index (χ3v) is 5.08. The number of carboxylic acids is 1. The van der Waals surface area contributed by atoms with Crippen LogP contribution in [0.3, 0.4) is 0 Å². The zero-order valence-electron chi connectivity index (χ0n) is 16.1. The van der Waals surface area contributed by atoms with Gasteiger partial charge in [0.25, 0.3) is 5.91 Å². The third kappa shape index (κ3) is 5.03. The average Bonchev–Trinajstić information content (AvgIpc) is 2.72. The molecule has 1 aliphatic rings. The van der Waals surface area contributed by atoms with Crippen molar-refractivity contribution in [1.29, 1.82) is 0 Å². The van der Waals surface area contributed by atoms with E-state index in [2.05, 4.69) is 5.32 Å². The summed E-state index contributed by atoms with van der Waals surface area (Å²) in [5.74, 6) is 0.181. The quantitative estimate of drug-likeness (QED) is 0.752. The molecule has 2 aromatic carbocycles. The number of carbonyl (C=O) groups excluding carboxylic acids is 1. The van der Waals surface area contributed by atoms with Crippen molar-refractivity contribution in [2.45, 2.75) is 25.7 Å². The number of piperidine rings is 1. The molecule has 1 aliphatic heterocycles. The molecule has 1 saturated heterocycles. The summed E-state index contributed by atoms with van der Waals surface area (Å²) >= 11 is 0. The number of carbonyl (C=O) groups is 2. The number of rotatable bonds is 7. The van der Waals surface area contributed by atoms with Crippen LogP contribution in [0.4, 0.5) is 11.4 Å². The second-order valence-electron chi connectivity index (χ2n) is 7.09. The lowest BCUT2D eigenvalue weighted by molar-refractivity contribution is -0.137.